The second kappa shape index (κ2) is 27.4. The van der Waals surface area contributed by atoms with Crippen molar-refractivity contribution in [2.45, 2.75) is 12.8 Å². The van der Waals surface area contributed by atoms with Crippen LogP contribution in [0.4, 0.5) is 0 Å². The molecule has 0 aliphatic carbocycles. The maximum atomic E-state index is 12.5. The first-order valence-electron chi connectivity index (χ1n) is 14.0. The minimum absolute atomic E-state index is 0. The molecule has 2 aromatic carbocycles. The van der Waals surface area contributed by atoms with Gasteiger partial charge in [0.2, 0.25) is 0 Å². The molecule has 1 aliphatic heterocycles. The van der Waals surface area contributed by atoms with Crippen LogP contribution in [-0.4, -0.2) is 130 Å². The molecule has 2 amide bonds. The maximum Gasteiger partial charge on any atom is 0.251 e. The Balaban J connectivity index is -0.00000320. The first kappa shape index (κ1) is 46.5. The Hall–Kier alpha value is -0.900. The van der Waals surface area contributed by atoms with Crippen molar-refractivity contribution in [3.05, 3.63) is 71.8 Å². The van der Waals surface area contributed by atoms with Gasteiger partial charge in [0, 0.05) is 63.5 Å². The standard InChI is InChI=1S/C30H46N6O2.4BrH.H2O/c1-33-17-9-19-35(21-15-31-29(37)27-11-5-3-6-12-27)25-26-36(20-10-18-34(2)24-23-33)22-16-32-30(38)28-13-7-4-8-14-28;;;;;/h3-8,11-14H,9-10,15-26H2,1-2H3,(H,31,37)(H,32,38);4*1H;1H2. The van der Waals surface area contributed by atoms with Crippen molar-refractivity contribution in [3.8, 4) is 0 Å². The summed E-state index contributed by atoms with van der Waals surface area (Å²) in [5, 5.41) is 6.16. The zero-order valence-electron chi connectivity index (χ0n) is 25.4. The van der Waals surface area contributed by atoms with Gasteiger partial charge in [0.1, 0.15) is 0 Å². The van der Waals surface area contributed by atoms with Crippen molar-refractivity contribution < 1.29 is 15.1 Å². The van der Waals surface area contributed by atoms with Gasteiger partial charge in [0.25, 0.3) is 11.8 Å². The van der Waals surface area contributed by atoms with Gasteiger partial charge < -0.3 is 35.7 Å². The van der Waals surface area contributed by atoms with E-state index in [4.69, 9.17) is 0 Å². The summed E-state index contributed by atoms with van der Waals surface area (Å²) in [7, 11) is 4.41. The summed E-state index contributed by atoms with van der Waals surface area (Å²) in [6, 6.07) is 18.8. The Morgan fingerprint density at radius 1 is 0.558 bits per heavy atom. The highest BCUT2D eigenvalue weighted by atomic mass is 79.9. The van der Waals surface area contributed by atoms with Crippen molar-refractivity contribution in [3.63, 3.8) is 0 Å². The molecule has 3 rings (SSSR count). The topological polar surface area (TPSA) is 103 Å². The van der Waals surface area contributed by atoms with E-state index < -0.39 is 0 Å². The van der Waals surface area contributed by atoms with Crippen LogP contribution >= 0.6 is 67.9 Å². The zero-order valence-corrected chi connectivity index (χ0v) is 32.3. The molecule has 13 heteroatoms. The van der Waals surface area contributed by atoms with Gasteiger partial charge in [0.05, 0.1) is 0 Å². The molecule has 1 heterocycles. The average Bonchev–Trinajstić information content (AvgIpc) is 2.94. The lowest BCUT2D eigenvalue weighted by molar-refractivity contribution is 0.0933. The number of rotatable bonds is 8. The summed E-state index contributed by atoms with van der Waals surface area (Å²) < 4.78 is 0. The van der Waals surface area contributed by atoms with Crippen LogP contribution in [0.3, 0.4) is 0 Å². The normalized spacial score (nSPS) is 15.9. The highest BCUT2D eigenvalue weighted by Crippen LogP contribution is 2.02. The second-order valence-electron chi connectivity index (χ2n) is 10.2. The lowest BCUT2D eigenvalue weighted by Gasteiger charge is -2.30. The van der Waals surface area contributed by atoms with E-state index in [9.17, 15) is 9.59 Å². The predicted molar refractivity (Wildman–Crippen MR) is 200 cm³/mol. The maximum absolute atomic E-state index is 12.5. The minimum Gasteiger partial charge on any atom is -0.412 e. The van der Waals surface area contributed by atoms with Crippen LogP contribution < -0.4 is 10.6 Å². The number of carbonyl (C=O) groups is 2. The molecule has 0 spiro atoms. The Morgan fingerprint density at radius 2 is 0.907 bits per heavy atom. The quantitative estimate of drug-likeness (QED) is 0.421. The van der Waals surface area contributed by atoms with E-state index in [2.05, 4.69) is 44.3 Å². The molecule has 1 saturated heterocycles. The smallest absolute Gasteiger partial charge is 0.251 e. The fourth-order valence-electron chi connectivity index (χ4n) is 4.69. The molecule has 0 aromatic heterocycles. The fraction of sp³-hybridized carbons (Fsp3) is 0.533. The molecular weight excluding hydrogens is 812 g/mol. The number of nitrogens with zero attached hydrogens (tertiary/aromatic N) is 4. The van der Waals surface area contributed by atoms with Crippen LogP contribution in [0.25, 0.3) is 0 Å². The van der Waals surface area contributed by atoms with Crippen LogP contribution in [-0.2, 0) is 0 Å². The summed E-state index contributed by atoms with van der Waals surface area (Å²) >= 11 is 0. The summed E-state index contributed by atoms with van der Waals surface area (Å²) in [6.07, 6.45) is 2.19. The number of nitrogens with one attached hydrogen (secondary N) is 2. The molecular formula is C30H52Br4N6O3. The Morgan fingerprint density at radius 3 is 1.26 bits per heavy atom. The van der Waals surface area contributed by atoms with Gasteiger partial charge in [-0.15, -0.1) is 67.9 Å². The predicted octanol–water partition coefficient (Wildman–Crippen LogP) is 3.59. The summed E-state index contributed by atoms with van der Waals surface area (Å²) in [5.41, 5.74) is 1.40. The molecule has 2 aromatic rings. The lowest BCUT2D eigenvalue weighted by Crippen LogP contribution is -2.44. The molecule has 0 saturated carbocycles. The van der Waals surface area contributed by atoms with E-state index in [1.165, 1.54) is 0 Å². The Labute approximate surface area is 300 Å². The van der Waals surface area contributed by atoms with Crippen molar-refractivity contribution in [1.82, 2.24) is 30.2 Å². The van der Waals surface area contributed by atoms with Crippen LogP contribution in [0.2, 0.25) is 0 Å². The van der Waals surface area contributed by atoms with Crippen LogP contribution in [0, 0.1) is 0 Å². The molecule has 1 aliphatic rings. The summed E-state index contributed by atoms with van der Waals surface area (Å²) in [5.74, 6) is -0.0420. The largest absolute Gasteiger partial charge is 0.412 e. The average molecular weight is 864 g/mol. The Bertz CT molecular complexity index is 888. The number of amides is 2. The number of halogens is 4. The van der Waals surface area contributed by atoms with Crippen LogP contribution in [0.15, 0.2) is 60.7 Å². The van der Waals surface area contributed by atoms with Gasteiger partial charge in [-0.1, -0.05) is 36.4 Å². The molecule has 0 radical (unpaired) electrons. The van der Waals surface area contributed by atoms with Gasteiger partial charge >= 0.3 is 0 Å². The van der Waals surface area contributed by atoms with Gasteiger partial charge in [-0.25, -0.2) is 0 Å². The van der Waals surface area contributed by atoms with Crippen LogP contribution in [0.5, 0.6) is 0 Å². The molecule has 1 fully saturated rings. The third kappa shape index (κ3) is 19.3. The number of hydrogen-bond acceptors (Lipinski definition) is 6. The van der Waals surface area contributed by atoms with Crippen molar-refractivity contribution in [2.24, 2.45) is 0 Å². The molecule has 9 nitrogen and oxygen atoms in total. The lowest BCUT2D eigenvalue weighted by atomic mass is 10.2. The Kier molecular flexibility index (Phi) is 29.7. The molecule has 0 atom stereocenters. The number of carbonyl (C=O) groups excluding carboxylic acids is 2. The van der Waals surface area contributed by atoms with Crippen molar-refractivity contribution in [2.75, 3.05) is 92.6 Å². The fourth-order valence-corrected chi connectivity index (χ4v) is 4.69. The van der Waals surface area contributed by atoms with Gasteiger partial charge in [-0.3, -0.25) is 9.59 Å². The third-order valence-electron chi connectivity index (χ3n) is 7.12. The molecule has 4 N–H and O–H groups in total. The number of benzene rings is 2. The first-order chi connectivity index (χ1) is 18.5. The van der Waals surface area contributed by atoms with E-state index in [1.54, 1.807) is 0 Å². The third-order valence-corrected chi connectivity index (χ3v) is 7.12. The summed E-state index contributed by atoms with van der Waals surface area (Å²) in [6.45, 7) is 11.0. The molecule has 0 unspecified atom stereocenters. The highest BCUT2D eigenvalue weighted by molar-refractivity contribution is 8.93. The highest BCUT2D eigenvalue weighted by Gasteiger charge is 2.14. The van der Waals surface area contributed by atoms with Gasteiger partial charge in [-0.05, 0) is 77.4 Å². The van der Waals surface area contributed by atoms with E-state index in [1.807, 2.05) is 60.7 Å². The van der Waals surface area contributed by atoms with E-state index in [0.29, 0.717) is 24.2 Å². The number of hydrogen-bond donors (Lipinski definition) is 2. The van der Waals surface area contributed by atoms with Crippen molar-refractivity contribution in [1.29, 1.82) is 0 Å². The second-order valence-corrected chi connectivity index (χ2v) is 10.2. The summed E-state index contributed by atoms with van der Waals surface area (Å²) in [4.78, 5) is 34.7. The van der Waals surface area contributed by atoms with E-state index in [0.717, 1.165) is 78.3 Å². The zero-order chi connectivity index (χ0) is 27.0. The van der Waals surface area contributed by atoms with E-state index >= 15 is 0 Å². The van der Waals surface area contributed by atoms with Crippen molar-refractivity contribution >= 4 is 79.7 Å². The first-order valence-corrected chi connectivity index (χ1v) is 14.0. The minimum atomic E-state index is -0.0210. The molecule has 0 bridgehead atoms. The monoisotopic (exact) mass is 860 g/mol. The molecule has 43 heavy (non-hydrogen) atoms. The van der Waals surface area contributed by atoms with Crippen LogP contribution in [0.1, 0.15) is 33.6 Å². The van der Waals surface area contributed by atoms with Gasteiger partial charge in [0.15, 0.2) is 0 Å². The molecule has 248 valence electrons. The number of likely N-dealkylation sites (N-methyl/N-ethyl adjacent to an activating group) is 2. The van der Waals surface area contributed by atoms with Gasteiger partial charge in [-0.2, -0.15) is 0 Å². The van der Waals surface area contributed by atoms with E-state index in [-0.39, 0.29) is 85.2 Å². The SMILES string of the molecule is Br.Br.Br.Br.CN1CCCN(CCNC(=O)c2ccccc2)CCN(CCNC(=O)c2ccccc2)CCCN(C)CC1.O.